The van der Waals surface area contributed by atoms with Gasteiger partial charge in [-0.1, -0.05) is 6.07 Å². The van der Waals surface area contributed by atoms with Crippen molar-refractivity contribution in [3.8, 4) is 11.5 Å². The van der Waals surface area contributed by atoms with Crippen LogP contribution < -0.4 is 20.5 Å². The molecule has 0 atom stereocenters. The summed E-state index contributed by atoms with van der Waals surface area (Å²) in [7, 11) is 3.08. The van der Waals surface area contributed by atoms with Gasteiger partial charge in [-0.15, -0.1) is 0 Å². The molecule has 0 radical (unpaired) electrons. The third-order valence-corrected chi connectivity index (χ3v) is 3.74. The van der Waals surface area contributed by atoms with Crippen LogP contribution in [0.3, 0.4) is 0 Å². The Bertz CT molecular complexity index is 979. The van der Waals surface area contributed by atoms with Crippen molar-refractivity contribution in [1.82, 2.24) is 9.88 Å². The average Bonchev–Trinajstić information content (AvgIpc) is 3.15. The van der Waals surface area contributed by atoms with E-state index in [1.807, 2.05) is 0 Å². The maximum atomic E-state index is 11.9. The van der Waals surface area contributed by atoms with Crippen molar-refractivity contribution in [2.24, 2.45) is 12.8 Å². The third kappa shape index (κ3) is 6.51. The molecule has 0 aliphatic rings. The average molecular weight is 415 g/mol. The lowest BCUT2D eigenvalue weighted by Gasteiger charge is -2.09. The monoisotopic (exact) mass is 415 g/mol. The fourth-order valence-corrected chi connectivity index (χ4v) is 2.33. The molecule has 30 heavy (non-hydrogen) atoms. The molecular formula is C20H21N3O7. The number of rotatable bonds is 9. The topological polar surface area (TPSA) is 139 Å². The summed E-state index contributed by atoms with van der Waals surface area (Å²) in [5.74, 6) is -2.09. The predicted molar refractivity (Wildman–Crippen MR) is 106 cm³/mol. The molecule has 3 N–H and O–H groups in total. The van der Waals surface area contributed by atoms with E-state index >= 15 is 0 Å². The van der Waals surface area contributed by atoms with Gasteiger partial charge in [0, 0.05) is 19.3 Å². The quantitative estimate of drug-likeness (QED) is 0.447. The predicted octanol–water partition coefficient (Wildman–Crippen LogP) is 0.411. The summed E-state index contributed by atoms with van der Waals surface area (Å²) in [6, 6.07) is 7.96. The van der Waals surface area contributed by atoms with Crippen LogP contribution in [0.4, 0.5) is 0 Å². The van der Waals surface area contributed by atoms with Crippen LogP contribution in [0.1, 0.15) is 16.1 Å². The first-order valence-electron chi connectivity index (χ1n) is 8.69. The summed E-state index contributed by atoms with van der Waals surface area (Å²) < 4.78 is 16.7. The number of nitrogens with zero attached hydrogens (tertiary/aromatic N) is 1. The first kappa shape index (κ1) is 22.2. The Morgan fingerprint density at radius 1 is 1.13 bits per heavy atom. The van der Waals surface area contributed by atoms with Gasteiger partial charge in [-0.05, 0) is 35.9 Å². The van der Waals surface area contributed by atoms with E-state index in [1.165, 1.54) is 13.2 Å². The number of aryl methyl sites for hydroxylation is 1. The first-order chi connectivity index (χ1) is 14.3. The molecular weight excluding hydrogens is 394 g/mol. The highest BCUT2D eigenvalue weighted by atomic mass is 16.5. The molecule has 0 saturated heterocycles. The highest BCUT2D eigenvalue weighted by Gasteiger charge is 2.14. The Morgan fingerprint density at radius 3 is 2.53 bits per heavy atom. The second kappa shape index (κ2) is 10.5. The molecule has 2 rings (SSSR count). The molecule has 1 heterocycles. The minimum Gasteiger partial charge on any atom is -0.493 e. The highest BCUT2D eigenvalue weighted by Crippen LogP contribution is 2.28. The number of amides is 3. The van der Waals surface area contributed by atoms with Crippen molar-refractivity contribution in [3.05, 3.63) is 53.9 Å². The number of ether oxygens (including phenoxy) is 3. The number of carbonyl (C=O) groups is 4. The van der Waals surface area contributed by atoms with Gasteiger partial charge in [-0.2, -0.15) is 0 Å². The van der Waals surface area contributed by atoms with Gasteiger partial charge in [0.05, 0.1) is 7.11 Å². The van der Waals surface area contributed by atoms with Crippen LogP contribution in [-0.4, -0.2) is 48.6 Å². The molecule has 0 fully saturated rings. The Labute approximate surface area is 172 Å². The molecule has 10 heteroatoms. The fraction of sp³-hybridized carbons (Fsp3) is 0.200. The normalized spacial score (nSPS) is 10.5. The van der Waals surface area contributed by atoms with Crippen molar-refractivity contribution in [3.63, 3.8) is 0 Å². The number of hydrogen-bond donors (Lipinski definition) is 2. The van der Waals surface area contributed by atoms with Crippen molar-refractivity contribution in [1.29, 1.82) is 0 Å². The zero-order valence-electron chi connectivity index (χ0n) is 16.4. The van der Waals surface area contributed by atoms with Crippen LogP contribution in [-0.2, 0) is 26.2 Å². The van der Waals surface area contributed by atoms with Gasteiger partial charge >= 0.3 is 5.97 Å². The number of hydrogen-bond acceptors (Lipinski definition) is 7. The van der Waals surface area contributed by atoms with Crippen LogP contribution in [0.2, 0.25) is 0 Å². The van der Waals surface area contributed by atoms with Gasteiger partial charge in [0.15, 0.2) is 24.7 Å². The summed E-state index contributed by atoms with van der Waals surface area (Å²) in [4.78, 5) is 46.3. The van der Waals surface area contributed by atoms with Gasteiger partial charge < -0.3 is 24.5 Å². The summed E-state index contributed by atoms with van der Waals surface area (Å²) in [6.45, 7) is -0.908. The molecule has 2 aromatic rings. The van der Waals surface area contributed by atoms with Gasteiger partial charge in [0.1, 0.15) is 5.69 Å². The summed E-state index contributed by atoms with van der Waals surface area (Å²) in [5, 5.41) is 2.13. The van der Waals surface area contributed by atoms with E-state index in [2.05, 4.69) is 5.32 Å². The standard InChI is InChI=1S/C20H21N3O7/c1-23-9-3-4-14(23)20(27)22-18(25)12-30-19(26)8-6-13-5-7-15(16(10-13)28-2)29-11-17(21)24/h3-10H,11-12H2,1-2H3,(H2,21,24)(H,22,25,27)/b8-6+. The lowest BCUT2D eigenvalue weighted by Crippen LogP contribution is -2.34. The second-order valence-electron chi connectivity index (χ2n) is 5.99. The maximum Gasteiger partial charge on any atom is 0.331 e. The van der Waals surface area contributed by atoms with Crippen LogP contribution in [0.25, 0.3) is 6.08 Å². The minimum atomic E-state index is -0.774. The molecule has 0 aliphatic heterocycles. The first-order valence-corrected chi connectivity index (χ1v) is 8.69. The van der Waals surface area contributed by atoms with Gasteiger partial charge in [-0.25, -0.2) is 4.79 Å². The molecule has 10 nitrogen and oxygen atoms in total. The Morgan fingerprint density at radius 2 is 1.90 bits per heavy atom. The number of benzene rings is 1. The van der Waals surface area contributed by atoms with Crippen molar-refractivity contribution >= 4 is 29.8 Å². The van der Waals surface area contributed by atoms with E-state index in [0.29, 0.717) is 22.8 Å². The Hall–Kier alpha value is -4.08. The van der Waals surface area contributed by atoms with Gasteiger partial charge in [-0.3, -0.25) is 19.7 Å². The van der Waals surface area contributed by atoms with Gasteiger partial charge in [0.2, 0.25) is 0 Å². The number of nitrogens with two attached hydrogens (primary N) is 1. The van der Waals surface area contributed by atoms with E-state index in [0.717, 1.165) is 6.08 Å². The maximum absolute atomic E-state index is 11.9. The lowest BCUT2D eigenvalue weighted by atomic mass is 10.2. The number of primary amides is 1. The molecule has 3 amide bonds. The van der Waals surface area contributed by atoms with E-state index in [1.54, 1.807) is 48.1 Å². The van der Waals surface area contributed by atoms with Gasteiger partial charge in [0.25, 0.3) is 17.7 Å². The zero-order valence-corrected chi connectivity index (χ0v) is 16.4. The van der Waals surface area contributed by atoms with Crippen molar-refractivity contribution in [2.75, 3.05) is 20.3 Å². The summed E-state index contributed by atoms with van der Waals surface area (Å²) in [5.41, 5.74) is 5.91. The number of nitrogens with one attached hydrogen (secondary N) is 1. The molecule has 0 spiro atoms. The van der Waals surface area contributed by atoms with E-state index in [9.17, 15) is 19.2 Å². The molecule has 0 aliphatic carbocycles. The van der Waals surface area contributed by atoms with Crippen LogP contribution in [0.5, 0.6) is 11.5 Å². The van der Waals surface area contributed by atoms with Crippen LogP contribution >= 0.6 is 0 Å². The number of methoxy groups -OCH3 is 1. The summed E-state index contributed by atoms with van der Waals surface area (Å²) >= 11 is 0. The zero-order chi connectivity index (χ0) is 22.1. The van der Waals surface area contributed by atoms with E-state index < -0.39 is 30.3 Å². The molecule has 1 aromatic heterocycles. The smallest absolute Gasteiger partial charge is 0.331 e. The summed E-state index contributed by atoms with van der Waals surface area (Å²) in [6.07, 6.45) is 4.22. The Balaban J connectivity index is 1.86. The van der Waals surface area contributed by atoms with E-state index in [4.69, 9.17) is 19.9 Å². The minimum absolute atomic E-state index is 0.298. The lowest BCUT2D eigenvalue weighted by molar-refractivity contribution is -0.143. The molecule has 1 aromatic carbocycles. The van der Waals surface area contributed by atoms with Crippen LogP contribution in [0.15, 0.2) is 42.6 Å². The number of aromatic nitrogens is 1. The molecule has 0 saturated carbocycles. The number of carbonyl (C=O) groups excluding carboxylic acids is 4. The van der Waals surface area contributed by atoms with Crippen LogP contribution in [0, 0.1) is 0 Å². The molecule has 0 bridgehead atoms. The van der Waals surface area contributed by atoms with Crippen molar-refractivity contribution in [2.45, 2.75) is 0 Å². The highest BCUT2D eigenvalue weighted by molar-refractivity contribution is 6.04. The number of imide groups is 1. The fourth-order valence-electron chi connectivity index (χ4n) is 2.33. The molecule has 0 unspecified atom stereocenters. The number of esters is 1. The van der Waals surface area contributed by atoms with E-state index in [-0.39, 0.29) is 6.61 Å². The third-order valence-electron chi connectivity index (χ3n) is 3.74. The SMILES string of the molecule is COc1cc(/C=C/C(=O)OCC(=O)NC(=O)c2cccn2C)ccc1OCC(N)=O. The molecule has 158 valence electrons. The van der Waals surface area contributed by atoms with Crippen molar-refractivity contribution < 1.29 is 33.4 Å². The largest absolute Gasteiger partial charge is 0.493 e. The second-order valence-corrected chi connectivity index (χ2v) is 5.99. The Kier molecular flexibility index (Phi) is 7.74.